The number of carbonyl (C=O) groups excluding carboxylic acids is 1. The number of hydrogen-bond acceptors (Lipinski definition) is 2. The normalized spacial score (nSPS) is 21.9. The van der Waals surface area contributed by atoms with Crippen LogP contribution < -0.4 is 0 Å². The van der Waals surface area contributed by atoms with Gasteiger partial charge in [-0.2, -0.15) is 13.2 Å². The summed E-state index contributed by atoms with van der Waals surface area (Å²) in [4.78, 5) is 12.0. The lowest BCUT2D eigenvalue weighted by Crippen LogP contribution is -2.14. The molecule has 1 saturated carbocycles. The first kappa shape index (κ1) is 20.3. The Hall–Kier alpha value is -2.06. The van der Waals surface area contributed by atoms with Gasteiger partial charge in [0.05, 0.1) is 11.5 Å². The Morgan fingerprint density at radius 2 is 1.58 bits per heavy atom. The predicted molar refractivity (Wildman–Crippen MR) is 76.8 cm³/mol. The quantitative estimate of drug-likeness (QED) is 0.317. The topological polar surface area (TPSA) is 26.3 Å². The van der Waals surface area contributed by atoms with Gasteiger partial charge in [0.15, 0.2) is 23.3 Å². The number of ether oxygens (including phenoxy) is 1. The standard InChI is InChI=1S/C17H15F7O2/c1-7-11(18)13(20)8(14(21)12(7)19)6-26-15(25)10-9(16(10,2)3)4-5-17(22,23)24/h4-5,9-10H,6H2,1-3H3. The molecule has 2 atom stereocenters. The minimum Gasteiger partial charge on any atom is -0.460 e. The van der Waals surface area contributed by atoms with Crippen LogP contribution in [0.15, 0.2) is 12.2 Å². The summed E-state index contributed by atoms with van der Waals surface area (Å²) in [5.74, 6) is -9.33. The van der Waals surface area contributed by atoms with Crippen LogP contribution in [0.5, 0.6) is 0 Å². The van der Waals surface area contributed by atoms with Crippen LogP contribution in [0.25, 0.3) is 0 Å². The summed E-state index contributed by atoms with van der Waals surface area (Å²) in [6.07, 6.45) is -3.73. The van der Waals surface area contributed by atoms with Crippen molar-refractivity contribution >= 4 is 5.97 Å². The van der Waals surface area contributed by atoms with Crippen LogP contribution in [0.2, 0.25) is 0 Å². The van der Waals surface area contributed by atoms with Crippen molar-refractivity contribution in [3.63, 3.8) is 0 Å². The van der Waals surface area contributed by atoms with Gasteiger partial charge in [0, 0.05) is 11.6 Å². The maximum atomic E-state index is 13.7. The molecule has 0 radical (unpaired) electrons. The van der Waals surface area contributed by atoms with Crippen LogP contribution in [0.1, 0.15) is 25.0 Å². The molecule has 1 fully saturated rings. The Morgan fingerprint density at radius 3 is 2.04 bits per heavy atom. The average molecular weight is 384 g/mol. The molecule has 1 aromatic carbocycles. The zero-order chi connectivity index (χ0) is 20.0. The summed E-state index contributed by atoms with van der Waals surface area (Å²) < 4.78 is 95.9. The number of hydrogen-bond donors (Lipinski definition) is 0. The van der Waals surface area contributed by atoms with Gasteiger partial charge in [-0.15, -0.1) is 0 Å². The van der Waals surface area contributed by atoms with Gasteiger partial charge >= 0.3 is 12.1 Å². The second-order valence-electron chi connectivity index (χ2n) is 6.69. The van der Waals surface area contributed by atoms with Crippen molar-refractivity contribution in [2.45, 2.75) is 33.6 Å². The third-order valence-electron chi connectivity index (χ3n) is 4.59. The van der Waals surface area contributed by atoms with E-state index < -0.39 is 70.4 Å². The first-order valence-corrected chi connectivity index (χ1v) is 7.53. The molecule has 0 aliphatic heterocycles. The molecule has 0 saturated heterocycles. The third-order valence-corrected chi connectivity index (χ3v) is 4.59. The first-order valence-electron chi connectivity index (χ1n) is 7.53. The first-order chi connectivity index (χ1) is 11.8. The molecule has 0 aromatic heterocycles. The largest absolute Gasteiger partial charge is 0.460 e. The molecule has 144 valence electrons. The summed E-state index contributed by atoms with van der Waals surface area (Å²) in [5.41, 5.74) is -2.80. The van der Waals surface area contributed by atoms with Crippen LogP contribution in [0.3, 0.4) is 0 Å². The lowest BCUT2D eigenvalue weighted by molar-refractivity contribution is -0.147. The number of allylic oxidation sites excluding steroid dienone is 2. The van der Waals surface area contributed by atoms with Gasteiger partial charge in [-0.25, -0.2) is 17.6 Å². The highest BCUT2D eigenvalue weighted by Crippen LogP contribution is 2.59. The van der Waals surface area contributed by atoms with E-state index in [2.05, 4.69) is 0 Å². The van der Waals surface area contributed by atoms with Crippen molar-refractivity contribution < 1.29 is 40.3 Å². The van der Waals surface area contributed by atoms with Gasteiger partial charge in [-0.1, -0.05) is 19.9 Å². The summed E-state index contributed by atoms with van der Waals surface area (Å²) in [5, 5.41) is 0. The van der Waals surface area contributed by atoms with Crippen LogP contribution in [-0.2, 0) is 16.1 Å². The van der Waals surface area contributed by atoms with Crippen LogP contribution in [0, 0.1) is 47.4 Å². The number of benzene rings is 1. The van der Waals surface area contributed by atoms with E-state index in [-0.39, 0.29) is 6.08 Å². The number of carbonyl (C=O) groups is 1. The Balaban J connectivity index is 2.12. The number of esters is 1. The van der Waals surface area contributed by atoms with Crippen molar-refractivity contribution in [1.82, 2.24) is 0 Å². The van der Waals surface area contributed by atoms with E-state index in [0.29, 0.717) is 0 Å². The van der Waals surface area contributed by atoms with E-state index in [1.807, 2.05) is 0 Å². The molecular weight excluding hydrogens is 369 g/mol. The van der Waals surface area contributed by atoms with Gasteiger partial charge in [0.25, 0.3) is 0 Å². The van der Waals surface area contributed by atoms with E-state index in [0.717, 1.165) is 13.0 Å². The predicted octanol–water partition coefficient (Wildman–Crippen LogP) is 4.99. The molecule has 0 amide bonds. The fraction of sp³-hybridized carbons (Fsp3) is 0.471. The van der Waals surface area contributed by atoms with Gasteiger partial charge in [-0.05, 0) is 18.3 Å². The van der Waals surface area contributed by atoms with Crippen LogP contribution >= 0.6 is 0 Å². The van der Waals surface area contributed by atoms with E-state index in [1.165, 1.54) is 13.8 Å². The zero-order valence-electron chi connectivity index (χ0n) is 14.0. The molecule has 2 nitrogen and oxygen atoms in total. The minimum atomic E-state index is -4.55. The Labute approximate surface area is 144 Å². The number of halogens is 7. The van der Waals surface area contributed by atoms with Crippen molar-refractivity contribution in [2.24, 2.45) is 17.3 Å². The fourth-order valence-corrected chi connectivity index (χ4v) is 2.85. The van der Waals surface area contributed by atoms with Gasteiger partial charge in [0.1, 0.15) is 6.61 Å². The highest BCUT2D eigenvalue weighted by Gasteiger charge is 2.61. The molecule has 9 heteroatoms. The minimum absolute atomic E-state index is 0.00322. The smallest absolute Gasteiger partial charge is 0.409 e. The van der Waals surface area contributed by atoms with Crippen molar-refractivity contribution in [1.29, 1.82) is 0 Å². The average Bonchev–Trinajstić information content (AvgIpc) is 3.09. The molecule has 0 spiro atoms. The Kier molecular flexibility index (Phi) is 5.13. The van der Waals surface area contributed by atoms with Gasteiger partial charge in [0.2, 0.25) is 0 Å². The van der Waals surface area contributed by atoms with Crippen molar-refractivity contribution in [3.05, 3.63) is 46.5 Å². The maximum absolute atomic E-state index is 13.7. The molecule has 2 rings (SSSR count). The lowest BCUT2D eigenvalue weighted by Gasteiger charge is -2.10. The van der Waals surface area contributed by atoms with Gasteiger partial charge < -0.3 is 4.74 Å². The van der Waals surface area contributed by atoms with E-state index >= 15 is 0 Å². The molecule has 1 aromatic rings. The molecule has 1 aliphatic rings. The Bertz CT molecular complexity index is 736. The lowest BCUT2D eigenvalue weighted by atomic mass is 10.1. The highest BCUT2D eigenvalue weighted by molar-refractivity contribution is 5.78. The number of alkyl halides is 3. The van der Waals surface area contributed by atoms with Crippen molar-refractivity contribution in [3.8, 4) is 0 Å². The van der Waals surface area contributed by atoms with E-state index in [4.69, 9.17) is 4.74 Å². The van der Waals surface area contributed by atoms with Crippen LogP contribution in [0.4, 0.5) is 30.7 Å². The SMILES string of the molecule is Cc1c(F)c(F)c(COC(=O)C2C(C=CC(F)(F)F)C2(C)C)c(F)c1F. The molecule has 2 unspecified atom stereocenters. The molecule has 26 heavy (non-hydrogen) atoms. The van der Waals surface area contributed by atoms with E-state index in [9.17, 15) is 35.5 Å². The summed E-state index contributed by atoms with van der Waals surface area (Å²) in [6.45, 7) is 2.82. The third kappa shape index (κ3) is 3.71. The molecular formula is C17H15F7O2. The molecule has 0 N–H and O–H groups in total. The monoisotopic (exact) mass is 384 g/mol. The second kappa shape index (κ2) is 6.59. The summed E-state index contributed by atoms with van der Waals surface area (Å²) in [7, 11) is 0. The maximum Gasteiger partial charge on any atom is 0.409 e. The van der Waals surface area contributed by atoms with Crippen LogP contribution in [-0.4, -0.2) is 12.1 Å². The molecule has 1 aliphatic carbocycles. The summed E-state index contributed by atoms with van der Waals surface area (Å²) in [6, 6.07) is 0. The highest BCUT2D eigenvalue weighted by atomic mass is 19.4. The Morgan fingerprint density at radius 1 is 1.08 bits per heavy atom. The molecule has 0 heterocycles. The molecule has 0 bridgehead atoms. The van der Waals surface area contributed by atoms with E-state index in [1.54, 1.807) is 0 Å². The number of rotatable bonds is 4. The zero-order valence-corrected chi connectivity index (χ0v) is 14.0. The second-order valence-corrected chi connectivity index (χ2v) is 6.69. The summed E-state index contributed by atoms with van der Waals surface area (Å²) >= 11 is 0. The van der Waals surface area contributed by atoms with Gasteiger partial charge in [-0.3, -0.25) is 4.79 Å². The fourth-order valence-electron chi connectivity index (χ4n) is 2.85. The van der Waals surface area contributed by atoms with Crippen molar-refractivity contribution in [2.75, 3.05) is 0 Å².